The molecule has 1 amide bonds. The highest BCUT2D eigenvalue weighted by Gasteiger charge is 2.32. The summed E-state index contributed by atoms with van der Waals surface area (Å²) < 4.78 is 10.7. The second-order valence-corrected chi connectivity index (χ2v) is 7.31. The SMILES string of the molecule is COc1cc2c(cc1OC)[C@@H](C)N(C(=O)CC(C)(C)CC(=O)[O-])CC2. The zero-order valence-corrected chi connectivity index (χ0v) is 15.5. The molecule has 1 heterocycles. The van der Waals surface area contributed by atoms with E-state index in [0.717, 1.165) is 17.5 Å². The number of carbonyl (C=O) groups is 2. The van der Waals surface area contributed by atoms with Crippen LogP contribution in [0.1, 0.15) is 50.8 Å². The van der Waals surface area contributed by atoms with E-state index in [2.05, 4.69) is 0 Å². The number of fused-ring (bicyclic) bond motifs is 1. The lowest BCUT2D eigenvalue weighted by atomic mass is 9.84. The molecule has 1 aliphatic heterocycles. The fraction of sp³-hybridized carbons (Fsp3) is 0.579. The highest BCUT2D eigenvalue weighted by atomic mass is 16.5. The van der Waals surface area contributed by atoms with Gasteiger partial charge in [-0.05, 0) is 48.4 Å². The molecule has 6 heteroatoms. The van der Waals surface area contributed by atoms with Crippen molar-refractivity contribution in [1.29, 1.82) is 0 Å². The Labute approximate surface area is 148 Å². The first-order chi connectivity index (χ1) is 11.7. The van der Waals surface area contributed by atoms with Crippen LogP contribution in [-0.2, 0) is 16.0 Å². The first-order valence-corrected chi connectivity index (χ1v) is 8.42. The topological polar surface area (TPSA) is 78.9 Å². The van der Waals surface area contributed by atoms with E-state index in [1.54, 1.807) is 28.1 Å². The largest absolute Gasteiger partial charge is 0.550 e. The van der Waals surface area contributed by atoms with E-state index in [0.29, 0.717) is 18.0 Å². The van der Waals surface area contributed by atoms with Gasteiger partial charge in [-0.1, -0.05) is 13.8 Å². The maximum absolute atomic E-state index is 12.7. The van der Waals surface area contributed by atoms with Crippen molar-refractivity contribution >= 4 is 11.9 Å². The van der Waals surface area contributed by atoms with Crippen molar-refractivity contribution < 1.29 is 24.2 Å². The Bertz CT molecular complexity index is 668. The molecule has 0 radical (unpaired) electrons. The number of hydrogen-bond donors (Lipinski definition) is 0. The summed E-state index contributed by atoms with van der Waals surface area (Å²) in [4.78, 5) is 25.4. The van der Waals surface area contributed by atoms with Crippen LogP contribution in [0.15, 0.2) is 12.1 Å². The maximum Gasteiger partial charge on any atom is 0.223 e. The number of methoxy groups -OCH3 is 2. The zero-order chi connectivity index (χ0) is 18.8. The number of carbonyl (C=O) groups excluding carboxylic acids is 2. The summed E-state index contributed by atoms with van der Waals surface area (Å²) in [6.45, 7) is 6.13. The van der Waals surface area contributed by atoms with Crippen molar-refractivity contribution in [3.63, 3.8) is 0 Å². The molecule has 0 saturated carbocycles. The lowest BCUT2D eigenvalue weighted by Gasteiger charge is -2.37. The van der Waals surface area contributed by atoms with Crippen LogP contribution < -0.4 is 14.6 Å². The number of rotatable bonds is 6. The lowest BCUT2D eigenvalue weighted by molar-refractivity contribution is -0.307. The zero-order valence-electron chi connectivity index (χ0n) is 15.5. The highest BCUT2D eigenvalue weighted by Crippen LogP contribution is 2.38. The summed E-state index contributed by atoms with van der Waals surface area (Å²) in [5, 5.41) is 10.9. The Morgan fingerprint density at radius 1 is 1.20 bits per heavy atom. The van der Waals surface area contributed by atoms with Gasteiger partial charge in [0, 0.05) is 18.9 Å². The molecule has 138 valence electrons. The minimum Gasteiger partial charge on any atom is -0.550 e. The van der Waals surface area contributed by atoms with Crippen LogP contribution in [0.25, 0.3) is 0 Å². The average Bonchev–Trinajstić information content (AvgIpc) is 2.52. The Kier molecular flexibility index (Phi) is 5.60. The van der Waals surface area contributed by atoms with E-state index in [1.165, 1.54) is 0 Å². The number of nitrogens with zero attached hydrogens (tertiary/aromatic N) is 1. The van der Waals surface area contributed by atoms with Gasteiger partial charge in [0.2, 0.25) is 5.91 Å². The van der Waals surface area contributed by atoms with Crippen LogP contribution in [0.3, 0.4) is 0 Å². The van der Waals surface area contributed by atoms with Crippen molar-refractivity contribution in [3.05, 3.63) is 23.3 Å². The minimum atomic E-state index is -1.13. The Balaban J connectivity index is 2.22. The summed E-state index contributed by atoms with van der Waals surface area (Å²) in [6, 6.07) is 3.78. The van der Waals surface area contributed by atoms with E-state index < -0.39 is 11.4 Å². The standard InChI is InChI=1S/C19H27NO5/c1-12-14-9-16(25-5)15(24-4)8-13(14)6-7-20(12)17(21)10-19(2,3)11-18(22)23/h8-9,12H,6-7,10-11H2,1-5H3,(H,22,23)/p-1/t12-/m1/s1. The van der Waals surface area contributed by atoms with Crippen molar-refractivity contribution in [2.24, 2.45) is 5.41 Å². The maximum atomic E-state index is 12.7. The lowest BCUT2D eigenvalue weighted by Crippen LogP contribution is -2.41. The summed E-state index contributed by atoms with van der Waals surface area (Å²) >= 11 is 0. The molecule has 0 spiro atoms. The van der Waals surface area contributed by atoms with Crippen molar-refractivity contribution in [3.8, 4) is 11.5 Å². The normalized spacial score (nSPS) is 17.0. The first kappa shape index (κ1) is 19.1. The second kappa shape index (κ2) is 7.33. The quantitative estimate of drug-likeness (QED) is 0.782. The molecule has 0 bridgehead atoms. The molecule has 0 unspecified atom stereocenters. The summed E-state index contributed by atoms with van der Waals surface area (Å²) in [5.41, 5.74) is 1.55. The molecule has 1 aromatic rings. The van der Waals surface area contributed by atoms with Crippen LogP contribution >= 0.6 is 0 Å². The van der Waals surface area contributed by atoms with Gasteiger partial charge in [0.1, 0.15) is 0 Å². The molecule has 1 atom stereocenters. The van der Waals surface area contributed by atoms with Gasteiger partial charge in [0.25, 0.3) is 0 Å². The highest BCUT2D eigenvalue weighted by molar-refractivity contribution is 5.79. The van der Waals surface area contributed by atoms with E-state index in [4.69, 9.17) is 9.47 Å². The molecule has 0 aromatic heterocycles. The number of ether oxygens (including phenoxy) is 2. The van der Waals surface area contributed by atoms with E-state index in [9.17, 15) is 14.7 Å². The number of amides is 1. The molecule has 1 aromatic carbocycles. The smallest absolute Gasteiger partial charge is 0.223 e. The van der Waals surface area contributed by atoms with Crippen molar-refractivity contribution in [2.45, 2.75) is 46.1 Å². The number of benzene rings is 1. The van der Waals surface area contributed by atoms with E-state index in [1.807, 2.05) is 24.0 Å². The van der Waals surface area contributed by atoms with Crippen LogP contribution in [0.4, 0.5) is 0 Å². The van der Waals surface area contributed by atoms with Crippen molar-refractivity contribution in [1.82, 2.24) is 4.90 Å². The number of carboxylic acid groups (broad SMARTS) is 1. The third-order valence-corrected chi connectivity index (χ3v) is 4.76. The fourth-order valence-electron chi connectivity index (χ4n) is 3.45. The number of hydrogen-bond acceptors (Lipinski definition) is 5. The molecule has 0 N–H and O–H groups in total. The Hall–Kier alpha value is -2.24. The minimum absolute atomic E-state index is 0.0424. The summed E-state index contributed by atoms with van der Waals surface area (Å²) in [5.74, 6) is 0.147. The van der Waals surface area contributed by atoms with E-state index >= 15 is 0 Å². The predicted octanol–water partition coefficient (Wildman–Crippen LogP) is 1.71. The van der Waals surface area contributed by atoms with Gasteiger partial charge in [0.15, 0.2) is 11.5 Å². The third-order valence-electron chi connectivity index (χ3n) is 4.76. The van der Waals surface area contributed by atoms with Crippen LogP contribution in [0.5, 0.6) is 11.5 Å². The van der Waals surface area contributed by atoms with Gasteiger partial charge in [-0.2, -0.15) is 0 Å². The third kappa shape index (κ3) is 4.24. The van der Waals surface area contributed by atoms with Crippen LogP contribution in [0, 0.1) is 5.41 Å². The molecule has 0 fully saturated rings. The monoisotopic (exact) mass is 348 g/mol. The summed E-state index contributed by atoms with van der Waals surface area (Å²) in [6.07, 6.45) is 0.767. The van der Waals surface area contributed by atoms with E-state index in [-0.39, 0.29) is 24.8 Å². The van der Waals surface area contributed by atoms with Gasteiger partial charge in [0.05, 0.1) is 20.3 Å². The fourth-order valence-corrected chi connectivity index (χ4v) is 3.45. The molecule has 6 nitrogen and oxygen atoms in total. The molecule has 25 heavy (non-hydrogen) atoms. The summed E-state index contributed by atoms with van der Waals surface area (Å²) in [7, 11) is 3.19. The number of aliphatic carboxylic acids is 1. The predicted molar refractivity (Wildman–Crippen MR) is 91.4 cm³/mol. The number of carboxylic acids is 1. The van der Waals surface area contributed by atoms with Crippen molar-refractivity contribution in [2.75, 3.05) is 20.8 Å². The molecule has 0 aliphatic carbocycles. The molecular weight excluding hydrogens is 322 g/mol. The van der Waals surface area contributed by atoms with Gasteiger partial charge in [-0.25, -0.2) is 0 Å². The van der Waals surface area contributed by atoms with Gasteiger partial charge < -0.3 is 24.3 Å². The van der Waals surface area contributed by atoms with Gasteiger partial charge in [-0.15, -0.1) is 0 Å². The van der Waals surface area contributed by atoms with Crippen LogP contribution in [0.2, 0.25) is 0 Å². The van der Waals surface area contributed by atoms with Crippen LogP contribution in [-0.4, -0.2) is 37.5 Å². The van der Waals surface area contributed by atoms with Gasteiger partial charge in [-0.3, -0.25) is 4.79 Å². The average molecular weight is 348 g/mol. The molecule has 0 saturated heterocycles. The molecule has 2 rings (SSSR count). The van der Waals surface area contributed by atoms with Gasteiger partial charge >= 0.3 is 0 Å². The first-order valence-electron chi connectivity index (χ1n) is 8.42. The second-order valence-electron chi connectivity index (χ2n) is 7.31. The Morgan fingerprint density at radius 3 is 2.36 bits per heavy atom. The molecule has 1 aliphatic rings. The Morgan fingerprint density at radius 2 is 1.80 bits per heavy atom. The molecular formula is C19H26NO5-.